The molecule has 0 bridgehead atoms. The van der Waals surface area contributed by atoms with Gasteiger partial charge in [-0.15, -0.1) is 0 Å². The number of rotatable bonds is 4. The SMILES string of the molecule is CCNC(=O)c1ccc(N2CCN(CC)CC2)c(N)c1. The third kappa shape index (κ3) is 3.22. The summed E-state index contributed by atoms with van der Waals surface area (Å²) < 4.78 is 0. The summed E-state index contributed by atoms with van der Waals surface area (Å²) in [6, 6.07) is 5.58. The molecule has 1 aromatic rings. The maximum Gasteiger partial charge on any atom is 0.251 e. The molecule has 1 fully saturated rings. The lowest BCUT2D eigenvalue weighted by Crippen LogP contribution is -2.46. The van der Waals surface area contributed by atoms with E-state index in [0.29, 0.717) is 17.8 Å². The molecule has 3 N–H and O–H groups in total. The van der Waals surface area contributed by atoms with Gasteiger partial charge in [0.2, 0.25) is 0 Å². The highest BCUT2D eigenvalue weighted by Crippen LogP contribution is 2.25. The van der Waals surface area contributed by atoms with Crippen molar-refractivity contribution in [3.63, 3.8) is 0 Å². The summed E-state index contributed by atoms with van der Waals surface area (Å²) in [5.41, 5.74) is 8.46. The lowest BCUT2D eigenvalue weighted by Gasteiger charge is -2.36. The van der Waals surface area contributed by atoms with E-state index in [9.17, 15) is 4.79 Å². The Morgan fingerprint density at radius 2 is 1.95 bits per heavy atom. The number of likely N-dealkylation sites (N-methyl/N-ethyl adjacent to an activating group) is 1. The number of nitrogens with one attached hydrogen (secondary N) is 1. The molecule has 0 atom stereocenters. The van der Waals surface area contributed by atoms with E-state index in [1.54, 1.807) is 6.07 Å². The Kier molecular flexibility index (Phi) is 4.84. The first-order chi connectivity index (χ1) is 9.65. The summed E-state index contributed by atoms with van der Waals surface area (Å²) in [7, 11) is 0. The standard InChI is InChI=1S/C15H24N4O/c1-3-17-15(20)12-5-6-14(13(16)11-12)19-9-7-18(4-2)8-10-19/h5-6,11H,3-4,7-10,16H2,1-2H3,(H,17,20). The number of nitrogens with two attached hydrogens (primary N) is 1. The Labute approximate surface area is 120 Å². The number of nitrogens with zero attached hydrogens (tertiary/aromatic N) is 2. The van der Waals surface area contributed by atoms with Gasteiger partial charge in [-0.1, -0.05) is 6.92 Å². The van der Waals surface area contributed by atoms with Crippen LogP contribution in [0.25, 0.3) is 0 Å². The number of hydrogen-bond acceptors (Lipinski definition) is 4. The van der Waals surface area contributed by atoms with E-state index in [2.05, 4.69) is 22.0 Å². The minimum absolute atomic E-state index is 0.0680. The first kappa shape index (κ1) is 14.7. The third-order valence-electron chi connectivity index (χ3n) is 3.79. The monoisotopic (exact) mass is 276 g/mol. The number of anilines is 2. The predicted octanol–water partition coefficient (Wildman–Crippen LogP) is 1.16. The molecular weight excluding hydrogens is 252 g/mol. The first-order valence-corrected chi connectivity index (χ1v) is 7.30. The van der Waals surface area contributed by atoms with E-state index < -0.39 is 0 Å². The number of carbonyl (C=O) groups is 1. The first-order valence-electron chi connectivity index (χ1n) is 7.30. The molecule has 2 rings (SSSR count). The zero-order valence-corrected chi connectivity index (χ0v) is 12.4. The van der Waals surface area contributed by atoms with Gasteiger partial charge < -0.3 is 20.9 Å². The van der Waals surface area contributed by atoms with Gasteiger partial charge in [0.1, 0.15) is 0 Å². The second kappa shape index (κ2) is 6.61. The van der Waals surface area contributed by atoms with E-state index >= 15 is 0 Å². The van der Waals surface area contributed by atoms with Crippen LogP contribution in [0.2, 0.25) is 0 Å². The molecule has 0 spiro atoms. The van der Waals surface area contributed by atoms with Crippen LogP contribution >= 0.6 is 0 Å². The topological polar surface area (TPSA) is 61.6 Å². The smallest absolute Gasteiger partial charge is 0.251 e. The molecule has 20 heavy (non-hydrogen) atoms. The van der Waals surface area contributed by atoms with E-state index in [1.165, 1.54) is 0 Å². The second-order valence-electron chi connectivity index (χ2n) is 5.05. The molecule has 1 amide bonds. The maximum absolute atomic E-state index is 11.8. The molecule has 0 saturated carbocycles. The van der Waals surface area contributed by atoms with Crippen molar-refractivity contribution in [2.45, 2.75) is 13.8 Å². The fourth-order valence-corrected chi connectivity index (χ4v) is 2.55. The van der Waals surface area contributed by atoms with Crippen molar-refractivity contribution in [3.8, 4) is 0 Å². The zero-order chi connectivity index (χ0) is 14.5. The summed E-state index contributed by atoms with van der Waals surface area (Å²) >= 11 is 0. The summed E-state index contributed by atoms with van der Waals surface area (Å²) in [4.78, 5) is 16.5. The van der Waals surface area contributed by atoms with E-state index in [1.807, 2.05) is 19.1 Å². The van der Waals surface area contributed by atoms with Gasteiger partial charge in [-0.25, -0.2) is 0 Å². The molecule has 0 aromatic heterocycles. The van der Waals surface area contributed by atoms with Crippen molar-refractivity contribution >= 4 is 17.3 Å². The van der Waals surface area contributed by atoms with Gasteiger partial charge in [-0.2, -0.15) is 0 Å². The largest absolute Gasteiger partial charge is 0.397 e. The van der Waals surface area contributed by atoms with Crippen LogP contribution in [0, 0.1) is 0 Å². The number of nitrogen functional groups attached to an aromatic ring is 1. The Balaban J connectivity index is 2.08. The van der Waals surface area contributed by atoms with Gasteiger partial charge in [0, 0.05) is 38.3 Å². The Morgan fingerprint density at radius 3 is 2.50 bits per heavy atom. The van der Waals surface area contributed by atoms with E-state index in [-0.39, 0.29) is 5.91 Å². The number of benzene rings is 1. The Morgan fingerprint density at radius 1 is 1.25 bits per heavy atom. The molecule has 1 saturated heterocycles. The molecule has 110 valence electrons. The summed E-state index contributed by atoms with van der Waals surface area (Å²) in [5.74, 6) is -0.0680. The van der Waals surface area contributed by atoms with Gasteiger partial charge in [0.25, 0.3) is 5.91 Å². The van der Waals surface area contributed by atoms with Gasteiger partial charge in [0.15, 0.2) is 0 Å². The minimum atomic E-state index is -0.0680. The molecule has 1 heterocycles. The van der Waals surface area contributed by atoms with Crippen molar-refractivity contribution in [3.05, 3.63) is 23.8 Å². The minimum Gasteiger partial charge on any atom is -0.397 e. The van der Waals surface area contributed by atoms with Crippen LogP contribution in [0.3, 0.4) is 0 Å². The van der Waals surface area contributed by atoms with E-state index in [4.69, 9.17) is 5.73 Å². The number of carbonyl (C=O) groups excluding carboxylic acids is 1. The van der Waals surface area contributed by atoms with Crippen molar-refractivity contribution in [1.82, 2.24) is 10.2 Å². The molecule has 1 aliphatic rings. The summed E-state index contributed by atoms with van der Waals surface area (Å²) in [6.45, 7) is 9.91. The fourth-order valence-electron chi connectivity index (χ4n) is 2.55. The normalized spacial score (nSPS) is 16.2. The summed E-state index contributed by atoms with van der Waals surface area (Å²) in [5, 5.41) is 2.79. The summed E-state index contributed by atoms with van der Waals surface area (Å²) in [6.07, 6.45) is 0. The van der Waals surface area contributed by atoms with Gasteiger partial charge in [0.05, 0.1) is 11.4 Å². The van der Waals surface area contributed by atoms with Crippen LogP contribution in [0.1, 0.15) is 24.2 Å². The van der Waals surface area contributed by atoms with Crippen molar-refractivity contribution in [2.75, 3.05) is 49.9 Å². The lowest BCUT2D eigenvalue weighted by atomic mass is 10.1. The second-order valence-corrected chi connectivity index (χ2v) is 5.05. The predicted molar refractivity (Wildman–Crippen MR) is 83.2 cm³/mol. The van der Waals surface area contributed by atoms with Crippen LogP contribution in [0.4, 0.5) is 11.4 Å². The average Bonchev–Trinajstić information content (AvgIpc) is 2.47. The van der Waals surface area contributed by atoms with Crippen LogP contribution < -0.4 is 16.0 Å². The quantitative estimate of drug-likeness (QED) is 0.810. The van der Waals surface area contributed by atoms with Gasteiger partial charge >= 0.3 is 0 Å². The molecule has 1 aliphatic heterocycles. The van der Waals surface area contributed by atoms with Crippen LogP contribution in [-0.2, 0) is 0 Å². The third-order valence-corrected chi connectivity index (χ3v) is 3.79. The van der Waals surface area contributed by atoms with Crippen molar-refractivity contribution < 1.29 is 4.79 Å². The highest BCUT2D eigenvalue weighted by Gasteiger charge is 2.18. The molecule has 0 aliphatic carbocycles. The molecule has 5 nitrogen and oxygen atoms in total. The number of amides is 1. The number of piperazine rings is 1. The molecule has 5 heteroatoms. The highest BCUT2D eigenvalue weighted by atomic mass is 16.1. The zero-order valence-electron chi connectivity index (χ0n) is 12.4. The molecule has 0 unspecified atom stereocenters. The van der Waals surface area contributed by atoms with Crippen molar-refractivity contribution in [1.29, 1.82) is 0 Å². The Hall–Kier alpha value is -1.75. The molecule has 0 radical (unpaired) electrons. The van der Waals surface area contributed by atoms with Crippen LogP contribution in [0.5, 0.6) is 0 Å². The van der Waals surface area contributed by atoms with Crippen LogP contribution in [-0.4, -0.2) is 50.1 Å². The molecular formula is C15H24N4O. The highest BCUT2D eigenvalue weighted by molar-refractivity contribution is 5.96. The van der Waals surface area contributed by atoms with Crippen LogP contribution in [0.15, 0.2) is 18.2 Å². The molecule has 1 aromatic carbocycles. The van der Waals surface area contributed by atoms with Crippen molar-refractivity contribution in [2.24, 2.45) is 0 Å². The lowest BCUT2D eigenvalue weighted by molar-refractivity contribution is 0.0956. The number of hydrogen-bond donors (Lipinski definition) is 2. The average molecular weight is 276 g/mol. The maximum atomic E-state index is 11.8. The van der Waals surface area contributed by atoms with Gasteiger partial charge in [-0.3, -0.25) is 4.79 Å². The van der Waals surface area contributed by atoms with Gasteiger partial charge in [-0.05, 0) is 31.7 Å². The fraction of sp³-hybridized carbons (Fsp3) is 0.533. The Bertz CT molecular complexity index is 467. The van der Waals surface area contributed by atoms with E-state index in [0.717, 1.165) is 38.4 Å².